The van der Waals surface area contributed by atoms with E-state index in [0.717, 1.165) is 11.6 Å². The maximum atomic E-state index is 12.9. The first-order valence-corrected chi connectivity index (χ1v) is 14.9. The van der Waals surface area contributed by atoms with Gasteiger partial charge in [-0.05, 0) is 80.4 Å². The number of unbranched alkanes of at least 4 members (excludes halogenated alkanes) is 1. The smallest absolute Gasteiger partial charge is 0.343 e. The summed E-state index contributed by atoms with van der Waals surface area (Å²) >= 11 is 0. The van der Waals surface area contributed by atoms with Crippen LogP contribution in [0.5, 0.6) is 11.5 Å². The first-order valence-electron chi connectivity index (χ1n) is 14.9. The van der Waals surface area contributed by atoms with Crippen molar-refractivity contribution in [2.75, 3.05) is 26.4 Å². The highest BCUT2D eigenvalue weighted by Crippen LogP contribution is 2.31. The van der Waals surface area contributed by atoms with E-state index in [1.54, 1.807) is 36.4 Å². The van der Waals surface area contributed by atoms with Crippen LogP contribution >= 0.6 is 0 Å². The van der Waals surface area contributed by atoms with Crippen molar-refractivity contribution in [1.29, 1.82) is 0 Å². The van der Waals surface area contributed by atoms with E-state index in [1.807, 2.05) is 19.1 Å². The molecule has 3 aromatic carbocycles. The number of hydrogen-bond acceptors (Lipinski definition) is 11. The molecular formula is C35H34O11. The molecule has 2 fully saturated rings. The molecule has 2 aliphatic rings. The second kappa shape index (κ2) is 15.3. The Morgan fingerprint density at radius 3 is 1.72 bits per heavy atom. The van der Waals surface area contributed by atoms with Crippen molar-refractivity contribution in [2.24, 2.45) is 0 Å². The van der Waals surface area contributed by atoms with Crippen LogP contribution in [0.1, 0.15) is 49.5 Å². The Kier molecular flexibility index (Phi) is 10.8. The summed E-state index contributed by atoms with van der Waals surface area (Å²) in [5, 5.41) is 0. The lowest BCUT2D eigenvalue weighted by Gasteiger charge is -2.17. The zero-order valence-electron chi connectivity index (χ0n) is 25.3. The Balaban J connectivity index is 1.05. The molecule has 0 radical (unpaired) electrons. The zero-order valence-corrected chi connectivity index (χ0v) is 25.3. The van der Waals surface area contributed by atoms with Crippen LogP contribution in [-0.2, 0) is 28.5 Å². The molecule has 2 heterocycles. The summed E-state index contributed by atoms with van der Waals surface area (Å²) in [4.78, 5) is 49.0. The topological polar surface area (TPSA) is 133 Å². The molecule has 2 aliphatic heterocycles. The number of esters is 4. The zero-order chi connectivity index (χ0) is 32.5. The largest absolute Gasteiger partial charge is 0.494 e. The van der Waals surface area contributed by atoms with Crippen molar-refractivity contribution in [3.8, 4) is 11.5 Å². The Bertz CT molecular complexity index is 1530. The van der Waals surface area contributed by atoms with E-state index in [9.17, 15) is 19.2 Å². The molecule has 0 saturated carbocycles. The standard InChI is InChI=1S/C35H34O11/c1-3-30(36)41-19-5-4-18-40-26-14-10-24(11-15-26)33(37)44-27-16-12-25(13-17-27)35(39)46-29-21-43-31-28(20-42-32(29)31)45-34(38)23-8-6-22(2)7-9-23/h3,6-17,28-29,31-32H,1,4-5,18-21H2,2H3/t28-,29-,31?,32?/m0/s1. The van der Waals surface area contributed by atoms with Crippen molar-refractivity contribution in [3.05, 3.63) is 108 Å². The molecule has 4 atom stereocenters. The molecule has 2 saturated heterocycles. The summed E-state index contributed by atoms with van der Waals surface area (Å²) < 4.78 is 38.8. The lowest BCUT2D eigenvalue weighted by molar-refractivity contribution is -0.137. The van der Waals surface area contributed by atoms with Crippen LogP contribution in [0.2, 0.25) is 0 Å². The molecule has 0 aromatic heterocycles. The van der Waals surface area contributed by atoms with Gasteiger partial charge in [0.2, 0.25) is 0 Å². The fourth-order valence-electron chi connectivity index (χ4n) is 4.87. The van der Waals surface area contributed by atoms with Crippen molar-refractivity contribution in [3.63, 3.8) is 0 Å². The molecule has 0 N–H and O–H groups in total. The van der Waals surface area contributed by atoms with Gasteiger partial charge in [0.25, 0.3) is 0 Å². The molecule has 11 nitrogen and oxygen atoms in total. The van der Waals surface area contributed by atoms with Gasteiger partial charge in [-0.25, -0.2) is 19.2 Å². The van der Waals surface area contributed by atoms with Gasteiger partial charge in [0.05, 0.1) is 43.1 Å². The number of carbonyl (C=O) groups excluding carboxylic acids is 4. The first-order chi connectivity index (χ1) is 22.3. The number of rotatable bonds is 13. The highest BCUT2D eigenvalue weighted by atomic mass is 16.7. The van der Waals surface area contributed by atoms with Gasteiger partial charge in [-0.2, -0.15) is 0 Å². The van der Waals surface area contributed by atoms with Crippen molar-refractivity contribution in [2.45, 2.75) is 44.2 Å². The predicted octanol–water partition coefficient (Wildman–Crippen LogP) is 4.65. The van der Waals surface area contributed by atoms with E-state index in [0.29, 0.717) is 42.9 Å². The predicted molar refractivity (Wildman–Crippen MR) is 163 cm³/mol. The summed E-state index contributed by atoms with van der Waals surface area (Å²) in [5.41, 5.74) is 2.04. The monoisotopic (exact) mass is 630 g/mol. The van der Waals surface area contributed by atoms with Gasteiger partial charge in [-0.3, -0.25) is 0 Å². The minimum Gasteiger partial charge on any atom is -0.494 e. The van der Waals surface area contributed by atoms with Crippen LogP contribution in [0, 0.1) is 6.92 Å². The van der Waals surface area contributed by atoms with Gasteiger partial charge >= 0.3 is 23.9 Å². The van der Waals surface area contributed by atoms with Crippen LogP contribution in [-0.4, -0.2) is 74.7 Å². The molecule has 0 aliphatic carbocycles. The van der Waals surface area contributed by atoms with E-state index >= 15 is 0 Å². The minimum absolute atomic E-state index is 0.104. The molecular weight excluding hydrogens is 596 g/mol. The third-order valence-electron chi connectivity index (χ3n) is 7.38. The van der Waals surface area contributed by atoms with Crippen LogP contribution in [0.25, 0.3) is 0 Å². The van der Waals surface area contributed by atoms with Gasteiger partial charge in [-0.1, -0.05) is 24.3 Å². The number of hydrogen-bond donors (Lipinski definition) is 0. The fraction of sp³-hybridized carbons (Fsp3) is 0.314. The third kappa shape index (κ3) is 8.38. The fourth-order valence-corrected chi connectivity index (χ4v) is 4.87. The summed E-state index contributed by atoms with van der Waals surface area (Å²) in [7, 11) is 0. The van der Waals surface area contributed by atoms with Crippen molar-refractivity contribution >= 4 is 23.9 Å². The number of benzene rings is 3. The average molecular weight is 631 g/mol. The van der Waals surface area contributed by atoms with Crippen LogP contribution < -0.4 is 9.47 Å². The Morgan fingerprint density at radius 2 is 1.17 bits per heavy atom. The maximum Gasteiger partial charge on any atom is 0.343 e. The number of aryl methyl sites for hydroxylation is 1. The summed E-state index contributed by atoms with van der Waals surface area (Å²) in [6.07, 6.45) is 0.0567. The summed E-state index contributed by atoms with van der Waals surface area (Å²) in [5.74, 6) is -1.26. The molecule has 240 valence electrons. The van der Waals surface area contributed by atoms with Gasteiger partial charge in [0.15, 0.2) is 12.2 Å². The summed E-state index contributed by atoms with van der Waals surface area (Å²) in [6.45, 7) is 6.23. The number of ether oxygens (including phenoxy) is 7. The van der Waals surface area contributed by atoms with E-state index in [4.69, 9.17) is 33.2 Å². The second-order valence-electron chi connectivity index (χ2n) is 10.7. The van der Waals surface area contributed by atoms with Crippen molar-refractivity contribution in [1.82, 2.24) is 0 Å². The molecule has 46 heavy (non-hydrogen) atoms. The SMILES string of the molecule is C=CC(=O)OCCCCOc1ccc(C(=O)Oc2ccc(C(=O)O[C@H]3COC4C3OC[C@@H]4OC(=O)c3ccc(C)cc3)cc2)cc1. The average Bonchev–Trinajstić information content (AvgIpc) is 3.66. The van der Waals surface area contributed by atoms with Gasteiger partial charge in [-0.15, -0.1) is 0 Å². The van der Waals surface area contributed by atoms with Gasteiger partial charge in [0.1, 0.15) is 23.7 Å². The molecule has 0 amide bonds. The second-order valence-corrected chi connectivity index (χ2v) is 10.7. The molecule has 5 rings (SSSR count). The van der Waals surface area contributed by atoms with E-state index in [2.05, 4.69) is 6.58 Å². The van der Waals surface area contributed by atoms with Crippen LogP contribution in [0.4, 0.5) is 0 Å². The third-order valence-corrected chi connectivity index (χ3v) is 7.38. The van der Waals surface area contributed by atoms with Crippen LogP contribution in [0.3, 0.4) is 0 Å². The van der Waals surface area contributed by atoms with Crippen LogP contribution in [0.15, 0.2) is 85.5 Å². The quantitative estimate of drug-likeness (QED) is 0.0859. The molecule has 0 spiro atoms. The maximum absolute atomic E-state index is 12.9. The lowest BCUT2D eigenvalue weighted by Crippen LogP contribution is -2.36. The highest BCUT2D eigenvalue weighted by Gasteiger charge is 2.51. The summed E-state index contributed by atoms with van der Waals surface area (Å²) in [6, 6.07) is 19.5. The first kappa shape index (κ1) is 32.4. The molecule has 3 aromatic rings. The van der Waals surface area contributed by atoms with Gasteiger partial charge < -0.3 is 33.2 Å². The van der Waals surface area contributed by atoms with E-state index in [1.165, 1.54) is 24.3 Å². The Morgan fingerprint density at radius 1 is 0.696 bits per heavy atom. The molecule has 2 unspecified atom stereocenters. The lowest BCUT2D eigenvalue weighted by atomic mass is 10.1. The molecule has 11 heteroatoms. The number of fused-ring (bicyclic) bond motifs is 1. The Labute approximate surface area is 265 Å². The van der Waals surface area contributed by atoms with Crippen molar-refractivity contribution < 1.29 is 52.3 Å². The van der Waals surface area contributed by atoms with E-state index in [-0.39, 0.29) is 24.5 Å². The highest BCUT2D eigenvalue weighted by molar-refractivity contribution is 5.92. The molecule has 0 bridgehead atoms. The minimum atomic E-state index is -0.674. The Hall–Kier alpha value is -5.00. The van der Waals surface area contributed by atoms with Gasteiger partial charge in [0, 0.05) is 6.08 Å². The normalized spacial score (nSPS) is 19.8. The van der Waals surface area contributed by atoms with E-state index < -0.39 is 48.3 Å². The number of carbonyl (C=O) groups is 4.